The van der Waals surface area contributed by atoms with Crippen LogP contribution in [0.5, 0.6) is 0 Å². The van der Waals surface area contributed by atoms with E-state index in [9.17, 15) is 9.59 Å². The number of aromatic nitrogens is 2. The van der Waals surface area contributed by atoms with Crippen molar-refractivity contribution in [1.82, 2.24) is 15.1 Å². The highest BCUT2D eigenvalue weighted by atomic mass is 16.2. The summed E-state index contributed by atoms with van der Waals surface area (Å²) in [5.41, 5.74) is -0.114. The number of H-pyrrole nitrogens is 1. The zero-order chi connectivity index (χ0) is 14.5. The van der Waals surface area contributed by atoms with Crippen molar-refractivity contribution in [3.05, 3.63) is 40.3 Å². The Hall–Kier alpha value is -2.68. The van der Waals surface area contributed by atoms with Crippen molar-refractivity contribution in [2.75, 3.05) is 13.1 Å². The van der Waals surface area contributed by atoms with E-state index in [-0.39, 0.29) is 23.6 Å². The van der Waals surface area contributed by atoms with Crippen LogP contribution in [-0.2, 0) is 0 Å². The van der Waals surface area contributed by atoms with Gasteiger partial charge in [0.25, 0.3) is 11.5 Å². The van der Waals surface area contributed by atoms with E-state index in [4.69, 9.17) is 5.26 Å². The van der Waals surface area contributed by atoms with Crippen LogP contribution in [0.4, 0.5) is 0 Å². The van der Waals surface area contributed by atoms with Crippen molar-refractivity contribution >= 4 is 16.7 Å². The first kappa shape index (κ1) is 13.7. The summed E-state index contributed by atoms with van der Waals surface area (Å²) in [6.45, 7) is 2.67. The zero-order valence-corrected chi connectivity index (χ0v) is 11.1. The van der Waals surface area contributed by atoms with Gasteiger partial charge in [-0.15, -0.1) is 0 Å². The molecule has 1 heterocycles. The maximum absolute atomic E-state index is 12.4. The third kappa shape index (κ3) is 2.52. The smallest absolute Gasteiger partial charge is 0.274 e. The standard InChI is InChI=1S/C14H14N4O2/c1-2-18(9-5-8-15)14(20)12-10-6-3-4-7-11(10)13(19)17-16-12/h3-4,6-7H,2,5,9H2,1H3,(H,17,19). The lowest BCUT2D eigenvalue weighted by molar-refractivity contribution is 0.0763. The first-order valence-corrected chi connectivity index (χ1v) is 6.32. The first-order chi connectivity index (χ1) is 9.69. The summed E-state index contributed by atoms with van der Waals surface area (Å²) in [6, 6.07) is 8.85. The molecule has 0 saturated heterocycles. The number of fused-ring (bicyclic) bond motifs is 1. The minimum atomic E-state index is -0.322. The van der Waals surface area contributed by atoms with Crippen LogP contribution in [0.25, 0.3) is 10.8 Å². The summed E-state index contributed by atoms with van der Waals surface area (Å²) in [7, 11) is 0. The molecule has 20 heavy (non-hydrogen) atoms. The normalized spacial score (nSPS) is 10.2. The molecule has 0 atom stereocenters. The molecular formula is C14H14N4O2. The molecule has 0 aliphatic carbocycles. The van der Waals surface area contributed by atoms with Gasteiger partial charge in [-0.1, -0.05) is 18.2 Å². The Morgan fingerprint density at radius 3 is 2.75 bits per heavy atom. The third-order valence-electron chi connectivity index (χ3n) is 3.06. The highest BCUT2D eigenvalue weighted by Crippen LogP contribution is 2.14. The number of nitrogens with zero attached hydrogens (tertiary/aromatic N) is 3. The fraction of sp³-hybridized carbons (Fsp3) is 0.286. The maximum atomic E-state index is 12.4. The topological polar surface area (TPSA) is 89.8 Å². The summed E-state index contributed by atoms with van der Waals surface area (Å²) in [5, 5.41) is 15.8. The van der Waals surface area contributed by atoms with Gasteiger partial charge in [-0.3, -0.25) is 9.59 Å². The van der Waals surface area contributed by atoms with Crippen LogP contribution >= 0.6 is 0 Å². The van der Waals surface area contributed by atoms with Gasteiger partial charge in [0, 0.05) is 18.5 Å². The largest absolute Gasteiger partial charge is 0.336 e. The Morgan fingerprint density at radius 1 is 1.40 bits per heavy atom. The predicted molar refractivity (Wildman–Crippen MR) is 74.2 cm³/mol. The number of hydrogen-bond donors (Lipinski definition) is 1. The molecule has 2 rings (SSSR count). The van der Waals surface area contributed by atoms with Gasteiger partial charge in [0.05, 0.1) is 17.9 Å². The molecule has 1 N–H and O–H groups in total. The predicted octanol–water partition coefficient (Wildman–Crippen LogP) is 1.30. The first-order valence-electron chi connectivity index (χ1n) is 6.32. The number of amides is 1. The van der Waals surface area contributed by atoms with Crippen LogP contribution in [-0.4, -0.2) is 34.1 Å². The van der Waals surface area contributed by atoms with Gasteiger partial charge in [0.2, 0.25) is 0 Å². The molecule has 0 unspecified atom stereocenters. The van der Waals surface area contributed by atoms with Crippen molar-refractivity contribution in [1.29, 1.82) is 5.26 Å². The number of benzene rings is 1. The van der Waals surface area contributed by atoms with Gasteiger partial charge in [-0.25, -0.2) is 5.10 Å². The molecule has 0 saturated carbocycles. The van der Waals surface area contributed by atoms with Gasteiger partial charge in [-0.2, -0.15) is 10.4 Å². The van der Waals surface area contributed by atoms with Crippen molar-refractivity contribution in [3.8, 4) is 6.07 Å². The Kier molecular flexibility index (Phi) is 4.11. The Labute approximate surface area is 115 Å². The molecule has 0 aliphatic heterocycles. The fourth-order valence-electron chi connectivity index (χ4n) is 2.02. The molecule has 1 amide bonds. The van der Waals surface area contributed by atoms with Crippen molar-refractivity contribution in [3.63, 3.8) is 0 Å². The number of nitrogens with one attached hydrogen (secondary N) is 1. The van der Waals surface area contributed by atoms with Gasteiger partial charge < -0.3 is 4.90 Å². The Bertz CT molecular complexity index is 730. The van der Waals surface area contributed by atoms with E-state index in [0.29, 0.717) is 23.9 Å². The lowest BCUT2D eigenvalue weighted by Gasteiger charge is -2.19. The lowest BCUT2D eigenvalue weighted by Crippen LogP contribution is -2.33. The second kappa shape index (κ2) is 5.97. The molecule has 0 radical (unpaired) electrons. The van der Waals surface area contributed by atoms with Crippen LogP contribution < -0.4 is 5.56 Å². The second-order valence-electron chi connectivity index (χ2n) is 4.24. The summed E-state index contributed by atoms with van der Waals surface area (Å²) < 4.78 is 0. The minimum absolute atomic E-state index is 0.208. The number of carbonyl (C=O) groups is 1. The van der Waals surface area contributed by atoms with E-state index in [0.717, 1.165) is 0 Å². The highest BCUT2D eigenvalue weighted by molar-refractivity contribution is 6.04. The number of nitriles is 1. The molecule has 6 heteroatoms. The van der Waals surface area contributed by atoms with Crippen molar-refractivity contribution < 1.29 is 4.79 Å². The van der Waals surface area contributed by atoms with E-state index >= 15 is 0 Å². The van der Waals surface area contributed by atoms with E-state index in [1.54, 1.807) is 24.3 Å². The second-order valence-corrected chi connectivity index (χ2v) is 4.24. The van der Waals surface area contributed by atoms with Gasteiger partial charge in [0.1, 0.15) is 0 Å². The van der Waals surface area contributed by atoms with E-state index in [1.807, 2.05) is 13.0 Å². The minimum Gasteiger partial charge on any atom is -0.336 e. The molecule has 2 aromatic rings. The monoisotopic (exact) mass is 270 g/mol. The molecule has 6 nitrogen and oxygen atoms in total. The number of aromatic amines is 1. The molecular weight excluding hydrogens is 256 g/mol. The Balaban J connectivity index is 2.47. The van der Waals surface area contributed by atoms with Crippen molar-refractivity contribution in [2.45, 2.75) is 13.3 Å². The number of hydrogen-bond acceptors (Lipinski definition) is 4. The SMILES string of the molecule is CCN(CCC#N)C(=O)c1n[nH]c(=O)c2ccccc12. The van der Waals surface area contributed by atoms with E-state index in [2.05, 4.69) is 10.2 Å². The average molecular weight is 270 g/mol. The lowest BCUT2D eigenvalue weighted by atomic mass is 10.1. The van der Waals surface area contributed by atoms with Crippen LogP contribution in [0.15, 0.2) is 29.1 Å². The summed E-state index contributed by atoms with van der Waals surface area (Å²) in [5.74, 6) is -0.282. The zero-order valence-electron chi connectivity index (χ0n) is 11.1. The van der Waals surface area contributed by atoms with Gasteiger partial charge in [-0.05, 0) is 13.0 Å². The molecule has 0 fully saturated rings. The molecule has 0 aliphatic rings. The number of carbonyl (C=O) groups excluding carboxylic acids is 1. The molecule has 1 aromatic carbocycles. The van der Waals surface area contributed by atoms with E-state index < -0.39 is 0 Å². The summed E-state index contributed by atoms with van der Waals surface area (Å²) in [4.78, 5) is 25.7. The van der Waals surface area contributed by atoms with Crippen molar-refractivity contribution in [2.24, 2.45) is 0 Å². The van der Waals surface area contributed by atoms with Crippen LogP contribution in [0, 0.1) is 11.3 Å². The third-order valence-corrected chi connectivity index (χ3v) is 3.06. The highest BCUT2D eigenvalue weighted by Gasteiger charge is 2.19. The number of rotatable bonds is 4. The Morgan fingerprint density at radius 2 is 2.10 bits per heavy atom. The average Bonchev–Trinajstić information content (AvgIpc) is 2.48. The molecule has 102 valence electrons. The molecule has 0 spiro atoms. The van der Waals surface area contributed by atoms with Crippen LogP contribution in [0.2, 0.25) is 0 Å². The van der Waals surface area contributed by atoms with E-state index in [1.165, 1.54) is 4.90 Å². The van der Waals surface area contributed by atoms with Gasteiger partial charge >= 0.3 is 0 Å². The molecule has 0 bridgehead atoms. The van der Waals surface area contributed by atoms with Crippen LogP contribution in [0.1, 0.15) is 23.8 Å². The quantitative estimate of drug-likeness (QED) is 0.906. The van der Waals surface area contributed by atoms with Crippen LogP contribution in [0.3, 0.4) is 0 Å². The molecule has 1 aromatic heterocycles. The maximum Gasteiger partial charge on any atom is 0.274 e. The summed E-state index contributed by atoms with van der Waals surface area (Å²) in [6.07, 6.45) is 0.265. The summed E-state index contributed by atoms with van der Waals surface area (Å²) >= 11 is 0. The van der Waals surface area contributed by atoms with Gasteiger partial charge in [0.15, 0.2) is 5.69 Å². The fourth-order valence-corrected chi connectivity index (χ4v) is 2.02.